The third kappa shape index (κ3) is 3.65. The van der Waals surface area contributed by atoms with Crippen LogP contribution in [0.2, 0.25) is 10.0 Å². The molecule has 4 nitrogen and oxygen atoms in total. The van der Waals surface area contributed by atoms with E-state index in [2.05, 4.69) is 4.72 Å². The highest BCUT2D eigenvalue weighted by Gasteiger charge is 2.35. The van der Waals surface area contributed by atoms with Crippen molar-refractivity contribution < 1.29 is 13.2 Å². The summed E-state index contributed by atoms with van der Waals surface area (Å²) in [6, 6.07) is 5.26. The van der Waals surface area contributed by atoms with Gasteiger partial charge >= 0.3 is 0 Å². The van der Waals surface area contributed by atoms with Gasteiger partial charge in [-0.15, -0.1) is 0 Å². The Kier molecular flexibility index (Phi) is 5.31. The van der Waals surface area contributed by atoms with Crippen LogP contribution < -0.4 is 4.72 Å². The van der Waals surface area contributed by atoms with Crippen LogP contribution in [0, 0.1) is 5.92 Å². The van der Waals surface area contributed by atoms with Gasteiger partial charge in [0, 0.05) is 22.6 Å². The topological polar surface area (TPSA) is 55.4 Å². The molecule has 0 amide bonds. The highest BCUT2D eigenvalue weighted by molar-refractivity contribution is 7.90. The van der Waals surface area contributed by atoms with E-state index < -0.39 is 15.3 Å². The molecule has 2 atom stereocenters. The van der Waals surface area contributed by atoms with Gasteiger partial charge < -0.3 is 4.74 Å². The van der Waals surface area contributed by atoms with Gasteiger partial charge in [0.15, 0.2) is 0 Å². The number of nitrogens with one attached hydrogen (secondary N) is 1. The Balaban J connectivity index is 2.21. The molecule has 1 aliphatic rings. The molecule has 0 spiro atoms. The number of sulfonamides is 1. The second kappa shape index (κ2) is 6.62. The number of hydrogen-bond acceptors (Lipinski definition) is 3. The van der Waals surface area contributed by atoms with Crippen molar-refractivity contribution >= 4 is 33.2 Å². The molecule has 0 radical (unpaired) electrons. The van der Waals surface area contributed by atoms with Gasteiger partial charge in [0.2, 0.25) is 10.0 Å². The maximum absolute atomic E-state index is 12.1. The molecule has 1 aromatic carbocycles. The van der Waals surface area contributed by atoms with Crippen molar-refractivity contribution in [2.24, 2.45) is 5.92 Å². The van der Waals surface area contributed by atoms with Gasteiger partial charge in [-0.2, -0.15) is 0 Å². The van der Waals surface area contributed by atoms with Crippen molar-refractivity contribution in [1.82, 2.24) is 4.72 Å². The molecule has 112 valence electrons. The van der Waals surface area contributed by atoms with Crippen molar-refractivity contribution in [1.29, 1.82) is 0 Å². The maximum atomic E-state index is 12.1. The number of benzene rings is 1. The summed E-state index contributed by atoms with van der Waals surface area (Å²) in [6.07, 6.45) is 1.06. The summed E-state index contributed by atoms with van der Waals surface area (Å²) in [5, 5.41) is 0.676. The maximum Gasteiger partial charge on any atom is 0.214 e. The second-order valence-electron chi connectivity index (χ2n) is 4.85. The van der Waals surface area contributed by atoms with Gasteiger partial charge in [0.25, 0.3) is 0 Å². The van der Waals surface area contributed by atoms with Crippen LogP contribution in [0.25, 0.3) is 0 Å². The fourth-order valence-electron chi connectivity index (χ4n) is 2.50. The van der Waals surface area contributed by atoms with Crippen molar-refractivity contribution in [2.45, 2.75) is 18.1 Å². The lowest BCUT2D eigenvalue weighted by Gasteiger charge is -2.31. The second-order valence-corrected chi connectivity index (χ2v) is 7.80. The quantitative estimate of drug-likeness (QED) is 0.918. The molecule has 1 saturated heterocycles. The van der Waals surface area contributed by atoms with Crippen molar-refractivity contribution in [2.75, 3.05) is 20.3 Å². The molecular formula is C13H17Cl2NO3S. The van der Waals surface area contributed by atoms with Gasteiger partial charge in [-0.3, -0.25) is 0 Å². The molecule has 20 heavy (non-hydrogen) atoms. The molecule has 0 unspecified atom stereocenters. The molecular weight excluding hydrogens is 321 g/mol. The minimum atomic E-state index is -3.31. The van der Waals surface area contributed by atoms with E-state index in [1.165, 1.54) is 7.05 Å². The van der Waals surface area contributed by atoms with Gasteiger partial charge in [-0.1, -0.05) is 29.3 Å². The minimum absolute atomic E-state index is 0.111. The normalized spacial score (nSPS) is 23.8. The molecule has 1 N–H and O–H groups in total. The van der Waals surface area contributed by atoms with E-state index in [1.54, 1.807) is 12.1 Å². The van der Waals surface area contributed by atoms with E-state index in [0.717, 1.165) is 5.56 Å². The molecule has 2 rings (SSSR count). The Bertz CT molecular complexity index is 577. The Morgan fingerprint density at radius 3 is 2.80 bits per heavy atom. The highest BCUT2D eigenvalue weighted by atomic mass is 35.5. The highest BCUT2D eigenvalue weighted by Crippen LogP contribution is 2.29. The molecule has 7 heteroatoms. The van der Waals surface area contributed by atoms with E-state index in [-0.39, 0.29) is 5.92 Å². The van der Waals surface area contributed by atoms with Crippen LogP contribution in [-0.4, -0.2) is 33.9 Å². The summed E-state index contributed by atoms with van der Waals surface area (Å²) in [6.45, 7) is 0.890. The predicted molar refractivity (Wildman–Crippen MR) is 80.9 cm³/mol. The van der Waals surface area contributed by atoms with Crippen LogP contribution in [0.4, 0.5) is 0 Å². The molecule has 0 bridgehead atoms. The van der Waals surface area contributed by atoms with Crippen LogP contribution >= 0.6 is 23.2 Å². The molecule has 1 aromatic rings. The smallest absolute Gasteiger partial charge is 0.214 e. The summed E-state index contributed by atoms with van der Waals surface area (Å²) in [5.41, 5.74) is 0.892. The zero-order chi connectivity index (χ0) is 14.8. The first kappa shape index (κ1) is 16.0. The third-order valence-electron chi connectivity index (χ3n) is 3.58. The summed E-state index contributed by atoms with van der Waals surface area (Å²) < 4.78 is 32.0. The number of hydrogen-bond donors (Lipinski definition) is 1. The van der Waals surface area contributed by atoms with Gasteiger partial charge in [-0.25, -0.2) is 13.1 Å². The molecule has 1 fully saturated rings. The summed E-state index contributed by atoms with van der Waals surface area (Å²) >= 11 is 12.0. The fraction of sp³-hybridized carbons (Fsp3) is 0.538. The average Bonchev–Trinajstić information content (AvgIpc) is 2.42. The van der Waals surface area contributed by atoms with Gasteiger partial charge in [0.05, 0.1) is 11.9 Å². The lowest BCUT2D eigenvalue weighted by atomic mass is 9.93. The van der Waals surface area contributed by atoms with E-state index in [9.17, 15) is 8.42 Å². The molecule has 0 aliphatic carbocycles. The average molecular weight is 338 g/mol. The number of rotatable bonds is 4. The van der Waals surface area contributed by atoms with E-state index in [0.29, 0.717) is 36.1 Å². The van der Waals surface area contributed by atoms with E-state index in [1.807, 2.05) is 6.07 Å². The monoisotopic (exact) mass is 337 g/mol. The number of ether oxygens (including phenoxy) is 1. The van der Waals surface area contributed by atoms with E-state index in [4.69, 9.17) is 27.9 Å². The van der Waals surface area contributed by atoms with Crippen LogP contribution in [0.5, 0.6) is 0 Å². The SMILES string of the molecule is CNS(=O)(=O)[C@@H]1CCOC[C@@H]1Cc1ccc(Cl)cc1Cl. The summed E-state index contributed by atoms with van der Waals surface area (Å²) in [5.74, 6) is -0.111. The van der Waals surface area contributed by atoms with Crippen molar-refractivity contribution in [3.8, 4) is 0 Å². The zero-order valence-electron chi connectivity index (χ0n) is 11.1. The molecule has 0 aromatic heterocycles. The third-order valence-corrected chi connectivity index (χ3v) is 6.16. The molecule has 1 heterocycles. The zero-order valence-corrected chi connectivity index (χ0v) is 13.4. The Morgan fingerprint density at radius 2 is 2.15 bits per heavy atom. The summed E-state index contributed by atoms with van der Waals surface area (Å²) in [7, 11) is -1.87. The lowest BCUT2D eigenvalue weighted by Crippen LogP contribution is -2.43. The Labute approximate surface area is 129 Å². The minimum Gasteiger partial charge on any atom is -0.381 e. The first-order valence-electron chi connectivity index (χ1n) is 6.38. The predicted octanol–water partition coefficient (Wildman–Crippen LogP) is 2.49. The Hall–Kier alpha value is -0.330. The number of halogens is 2. The van der Waals surface area contributed by atoms with Gasteiger partial charge in [0.1, 0.15) is 0 Å². The van der Waals surface area contributed by atoms with Crippen LogP contribution in [0.3, 0.4) is 0 Å². The first-order chi connectivity index (χ1) is 9.44. The van der Waals surface area contributed by atoms with Crippen LogP contribution in [0.1, 0.15) is 12.0 Å². The molecule has 0 saturated carbocycles. The van der Waals surface area contributed by atoms with Crippen LogP contribution in [-0.2, 0) is 21.2 Å². The fourth-order valence-corrected chi connectivity index (χ4v) is 4.37. The largest absolute Gasteiger partial charge is 0.381 e. The van der Waals surface area contributed by atoms with Crippen molar-refractivity contribution in [3.05, 3.63) is 33.8 Å². The van der Waals surface area contributed by atoms with E-state index >= 15 is 0 Å². The van der Waals surface area contributed by atoms with Gasteiger partial charge in [-0.05, 0) is 37.6 Å². The summed E-state index contributed by atoms with van der Waals surface area (Å²) in [4.78, 5) is 0. The standard InChI is InChI=1S/C13H17Cl2NO3S/c1-16-20(17,18)13-4-5-19-8-10(13)6-9-2-3-11(14)7-12(9)15/h2-3,7,10,13,16H,4-6,8H2,1H3/t10-,13+/m0/s1. The molecule has 1 aliphatic heterocycles. The first-order valence-corrected chi connectivity index (χ1v) is 8.68. The van der Waals surface area contributed by atoms with Crippen LogP contribution in [0.15, 0.2) is 18.2 Å². The van der Waals surface area contributed by atoms with Crippen molar-refractivity contribution in [3.63, 3.8) is 0 Å². The lowest BCUT2D eigenvalue weighted by molar-refractivity contribution is 0.0571. The Morgan fingerprint density at radius 1 is 1.40 bits per heavy atom.